The van der Waals surface area contributed by atoms with Gasteiger partial charge in [0.15, 0.2) is 5.76 Å². The van der Waals surface area contributed by atoms with Crippen LogP contribution in [-0.2, 0) is 14.8 Å². The van der Waals surface area contributed by atoms with Crippen LogP contribution in [0, 0.1) is 13.8 Å². The molecule has 2 aromatic carbocycles. The number of hydrogen-bond donors (Lipinski definition) is 1. The lowest BCUT2D eigenvalue weighted by Crippen LogP contribution is -2.14. The first kappa shape index (κ1) is 19.6. The number of ether oxygens (including phenoxy) is 1. The second-order valence-electron chi connectivity index (χ2n) is 6.22. The van der Waals surface area contributed by atoms with Crippen LogP contribution in [0.4, 0.5) is 5.69 Å². The molecular formula is C20H20N2O5S. The van der Waals surface area contributed by atoms with Crippen LogP contribution in [0.1, 0.15) is 28.5 Å². The van der Waals surface area contributed by atoms with Crippen molar-refractivity contribution in [2.75, 3.05) is 11.3 Å². The summed E-state index contributed by atoms with van der Waals surface area (Å²) in [5.41, 5.74) is 2.61. The number of sulfonamides is 1. The molecule has 0 spiro atoms. The zero-order chi connectivity index (χ0) is 20.3. The Bertz CT molecular complexity index is 1100. The average Bonchev–Trinajstić information content (AvgIpc) is 3.09. The first-order valence-corrected chi connectivity index (χ1v) is 10.1. The van der Waals surface area contributed by atoms with Crippen LogP contribution in [0.3, 0.4) is 0 Å². The van der Waals surface area contributed by atoms with Crippen molar-refractivity contribution in [3.63, 3.8) is 0 Å². The Labute approximate surface area is 163 Å². The van der Waals surface area contributed by atoms with Crippen LogP contribution in [0.25, 0.3) is 11.3 Å². The van der Waals surface area contributed by atoms with E-state index in [0.29, 0.717) is 33.8 Å². The molecule has 0 saturated heterocycles. The number of esters is 1. The summed E-state index contributed by atoms with van der Waals surface area (Å²) in [6.07, 6.45) is 0. The standard InChI is InChI=1S/C20H20N2O5S/c1-4-26-20(23)15-7-9-17(10-8-15)22-28(24,25)19-12-16(6-5-13(19)2)18-11-14(3)21-27-18/h5-12,22H,4H2,1-3H3. The third-order valence-electron chi connectivity index (χ3n) is 4.04. The number of anilines is 1. The summed E-state index contributed by atoms with van der Waals surface area (Å²) in [5.74, 6) is 0.0375. The van der Waals surface area contributed by atoms with Crippen LogP contribution < -0.4 is 4.72 Å². The van der Waals surface area contributed by atoms with E-state index in [9.17, 15) is 13.2 Å². The van der Waals surface area contributed by atoms with Gasteiger partial charge in [-0.2, -0.15) is 0 Å². The predicted octanol–water partition coefficient (Wildman–Crippen LogP) is 3.94. The highest BCUT2D eigenvalue weighted by Gasteiger charge is 2.19. The van der Waals surface area contributed by atoms with Crippen molar-refractivity contribution in [3.8, 4) is 11.3 Å². The SMILES string of the molecule is CCOC(=O)c1ccc(NS(=O)(=O)c2cc(-c3cc(C)no3)ccc2C)cc1. The van der Waals surface area contributed by atoms with Gasteiger partial charge in [-0.25, -0.2) is 13.2 Å². The molecule has 0 amide bonds. The Morgan fingerprint density at radius 1 is 1.11 bits per heavy atom. The van der Waals surface area contributed by atoms with Crippen molar-refractivity contribution in [3.05, 3.63) is 65.4 Å². The van der Waals surface area contributed by atoms with Crippen LogP contribution in [0.15, 0.2) is 57.9 Å². The summed E-state index contributed by atoms with van der Waals surface area (Å²) in [5, 5.41) is 3.83. The average molecular weight is 400 g/mol. The second kappa shape index (κ2) is 7.85. The number of hydrogen-bond acceptors (Lipinski definition) is 6. The van der Waals surface area contributed by atoms with Crippen LogP contribution in [0.2, 0.25) is 0 Å². The topological polar surface area (TPSA) is 98.5 Å². The van der Waals surface area contributed by atoms with Crippen molar-refractivity contribution < 1.29 is 22.5 Å². The molecule has 3 rings (SSSR count). The van der Waals surface area contributed by atoms with Crippen molar-refractivity contribution in [2.24, 2.45) is 0 Å². The summed E-state index contributed by atoms with van der Waals surface area (Å²) in [6.45, 7) is 5.50. The van der Waals surface area contributed by atoms with E-state index in [1.807, 2.05) is 0 Å². The predicted molar refractivity (Wildman–Crippen MR) is 105 cm³/mol. The van der Waals surface area contributed by atoms with E-state index in [1.54, 1.807) is 45.0 Å². The lowest BCUT2D eigenvalue weighted by Gasteiger charge is -2.12. The van der Waals surface area contributed by atoms with Crippen LogP contribution >= 0.6 is 0 Å². The number of aryl methyl sites for hydroxylation is 2. The normalized spacial score (nSPS) is 11.2. The highest BCUT2D eigenvalue weighted by atomic mass is 32.2. The summed E-state index contributed by atoms with van der Waals surface area (Å²) in [7, 11) is -3.84. The van der Waals surface area contributed by atoms with E-state index in [-0.39, 0.29) is 11.5 Å². The molecule has 0 aliphatic rings. The second-order valence-corrected chi connectivity index (χ2v) is 7.87. The monoisotopic (exact) mass is 400 g/mol. The summed E-state index contributed by atoms with van der Waals surface area (Å²) >= 11 is 0. The molecule has 0 unspecified atom stereocenters. The minimum atomic E-state index is -3.84. The van der Waals surface area contributed by atoms with Gasteiger partial charge >= 0.3 is 5.97 Å². The summed E-state index contributed by atoms with van der Waals surface area (Å²) in [6, 6.07) is 12.8. The number of benzene rings is 2. The molecule has 0 bridgehead atoms. The summed E-state index contributed by atoms with van der Waals surface area (Å²) < 4.78 is 38.4. The van der Waals surface area contributed by atoms with Crippen molar-refractivity contribution >= 4 is 21.7 Å². The van der Waals surface area contributed by atoms with Gasteiger partial charge in [0.2, 0.25) is 0 Å². The first-order chi connectivity index (χ1) is 13.3. The maximum atomic E-state index is 12.9. The van der Waals surface area contributed by atoms with Crippen molar-refractivity contribution in [2.45, 2.75) is 25.7 Å². The molecule has 8 heteroatoms. The molecule has 1 aromatic heterocycles. The smallest absolute Gasteiger partial charge is 0.338 e. The number of carbonyl (C=O) groups is 1. The molecule has 1 heterocycles. The minimum Gasteiger partial charge on any atom is -0.462 e. The van der Waals surface area contributed by atoms with Crippen LogP contribution in [0.5, 0.6) is 0 Å². The quantitative estimate of drug-likeness (QED) is 0.630. The number of aromatic nitrogens is 1. The first-order valence-electron chi connectivity index (χ1n) is 8.64. The molecule has 0 aliphatic heterocycles. The van der Waals surface area contributed by atoms with Crippen molar-refractivity contribution in [1.29, 1.82) is 0 Å². The van der Waals surface area contributed by atoms with Gasteiger partial charge in [0.05, 0.1) is 22.8 Å². The molecule has 0 radical (unpaired) electrons. The Kier molecular flexibility index (Phi) is 5.51. The zero-order valence-electron chi connectivity index (χ0n) is 15.7. The Morgan fingerprint density at radius 2 is 1.82 bits per heavy atom. The molecule has 0 atom stereocenters. The highest BCUT2D eigenvalue weighted by Crippen LogP contribution is 2.27. The van der Waals surface area contributed by atoms with Gasteiger partial charge in [0.1, 0.15) is 0 Å². The van der Waals surface area contributed by atoms with Gasteiger partial charge in [-0.05, 0) is 56.7 Å². The van der Waals surface area contributed by atoms with E-state index >= 15 is 0 Å². The minimum absolute atomic E-state index is 0.133. The van der Waals surface area contributed by atoms with E-state index in [0.717, 1.165) is 0 Å². The third kappa shape index (κ3) is 4.23. The van der Waals surface area contributed by atoms with Gasteiger partial charge in [-0.15, -0.1) is 0 Å². The lowest BCUT2D eigenvalue weighted by molar-refractivity contribution is 0.0526. The fourth-order valence-electron chi connectivity index (χ4n) is 2.64. The molecule has 28 heavy (non-hydrogen) atoms. The van der Waals surface area contributed by atoms with Gasteiger partial charge in [-0.3, -0.25) is 4.72 Å². The largest absolute Gasteiger partial charge is 0.462 e. The van der Waals surface area contributed by atoms with Gasteiger partial charge < -0.3 is 9.26 Å². The van der Waals surface area contributed by atoms with Gasteiger partial charge in [0, 0.05) is 17.3 Å². The van der Waals surface area contributed by atoms with E-state index in [2.05, 4.69) is 9.88 Å². The van der Waals surface area contributed by atoms with E-state index in [1.165, 1.54) is 24.3 Å². The number of nitrogens with zero attached hydrogens (tertiary/aromatic N) is 1. The van der Waals surface area contributed by atoms with Gasteiger partial charge in [0.25, 0.3) is 10.0 Å². The maximum absolute atomic E-state index is 12.9. The van der Waals surface area contributed by atoms with E-state index in [4.69, 9.17) is 9.26 Å². The molecule has 7 nitrogen and oxygen atoms in total. The molecule has 0 fully saturated rings. The maximum Gasteiger partial charge on any atom is 0.338 e. The molecule has 0 saturated carbocycles. The fourth-order valence-corrected chi connectivity index (χ4v) is 3.97. The fraction of sp³-hybridized carbons (Fsp3) is 0.200. The number of carbonyl (C=O) groups excluding carboxylic acids is 1. The zero-order valence-corrected chi connectivity index (χ0v) is 16.5. The molecule has 146 valence electrons. The number of nitrogens with one attached hydrogen (secondary N) is 1. The summed E-state index contributed by atoms with van der Waals surface area (Å²) in [4.78, 5) is 11.8. The molecule has 3 aromatic rings. The number of rotatable bonds is 6. The van der Waals surface area contributed by atoms with Crippen molar-refractivity contribution in [1.82, 2.24) is 5.16 Å². The lowest BCUT2D eigenvalue weighted by atomic mass is 10.1. The molecule has 1 N–H and O–H groups in total. The van der Waals surface area contributed by atoms with Gasteiger partial charge in [-0.1, -0.05) is 17.3 Å². The third-order valence-corrected chi connectivity index (χ3v) is 5.56. The van der Waals surface area contributed by atoms with E-state index < -0.39 is 16.0 Å². The Morgan fingerprint density at radius 3 is 2.43 bits per heavy atom. The Balaban J connectivity index is 1.87. The molecular weight excluding hydrogens is 380 g/mol. The highest BCUT2D eigenvalue weighted by molar-refractivity contribution is 7.92. The molecule has 0 aliphatic carbocycles. The Hall–Kier alpha value is -3.13. The van der Waals surface area contributed by atoms with Crippen LogP contribution in [-0.4, -0.2) is 26.2 Å².